The number of rotatable bonds is 6. The molecule has 10 nitrogen and oxygen atoms in total. The number of carbonyl (C=O) groups excluding carboxylic acids is 2. The molecule has 0 bridgehead atoms. The fraction of sp³-hybridized carbons (Fsp3) is 0.0909. The van der Waals surface area contributed by atoms with Crippen LogP contribution in [0.15, 0.2) is 102 Å². The Morgan fingerprint density at radius 2 is 1.83 bits per heavy atom. The van der Waals surface area contributed by atoms with E-state index in [2.05, 4.69) is 36.2 Å². The Morgan fingerprint density at radius 3 is 2.61 bits per heavy atom. The third-order valence-corrected chi connectivity index (χ3v) is 8.21. The predicted molar refractivity (Wildman–Crippen MR) is 167 cm³/mol. The number of nitrogens with one attached hydrogen (secondary N) is 2. The lowest BCUT2D eigenvalue weighted by Gasteiger charge is -2.29. The molecule has 230 valence electrons. The van der Waals surface area contributed by atoms with Crippen LogP contribution in [0.3, 0.4) is 0 Å². The first-order chi connectivity index (χ1) is 22.3. The van der Waals surface area contributed by atoms with E-state index in [4.69, 9.17) is 9.47 Å². The molecule has 0 unspecified atom stereocenters. The van der Waals surface area contributed by atoms with Gasteiger partial charge >= 0.3 is 6.09 Å². The summed E-state index contributed by atoms with van der Waals surface area (Å²) >= 11 is 3.49. The lowest BCUT2D eigenvalue weighted by molar-refractivity contribution is 0.0851. The zero-order valence-electron chi connectivity index (χ0n) is 23.9. The molecule has 1 aliphatic heterocycles. The molecule has 4 heterocycles. The predicted octanol–water partition coefficient (Wildman–Crippen LogP) is 7.13. The highest BCUT2D eigenvalue weighted by atomic mass is 79.9. The summed E-state index contributed by atoms with van der Waals surface area (Å²) in [7, 11) is 1.23. The Morgan fingerprint density at radius 1 is 1.00 bits per heavy atom. The maximum absolute atomic E-state index is 14.2. The number of aromatic amines is 1. The van der Waals surface area contributed by atoms with Crippen molar-refractivity contribution in [1.29, 1.82) is 0 Å². The van der Waals surface area contributed by atoms with Gasteiger partial charge in [0.1, 0.15) is 22.2 Å². The maximum Gasteiger partial charge on any atom is 0.407 e. The number of aromatic nitrogens is 5. The van der Waals surface area contributed by atoms with Gasteiger partial charge in [-0.05, 0) is 57.9 Å². The fourth-order valence-corrected chi connectivity index (χ4v) is 5.86. The average molecular weight is 685 g/mol. The van der Waals surface area contributed by atoms with Crippen LogP contribution in [-0.2, 0) is 4.74 Å². The van der Waals surface area contributed by atoms with E-state index in [0.29, 0.717) is 50.1 Å². The Balaban J connectivity index is 1.21. The van der Waals surface area contributed by atoms with Gasteiger partial charge in [0.25, 0.3) is 5.91 Å². The summed E-state index contributed by atoms with van der Waals surface area (Å²) in [6.07, 6.45) is 3.29. The van der Waals surface area contributed by atoms with E-state index >= 15 is 0 Å². The molecule has 6 aromatic rings. The second-order valence-electron chi connectivity index (χ2n) is 10.4. The zero-order chi connectivity index (χ0) is 31.9. The first kappa shape index (κ1) is 29.2. The number of amides is 1. The minimum Gasteiger partial charge on any atom is -0.465 e. The van der Waals surface area contributed by atoms with Crippen LogP contribution in [0.25, 0.3) is 34.2 Å². The smallest absolute Gasteiger partial charge is 0.407 e. The van der Waals surface area contributed by atoms with Crippen molar-refractivity contribution < 1.29 is 27.8 Å². The highest BCUT2D eigenvalue weighted by molar-refractivity contribution is 9.10. The number of H-pyrrole nitrogens is 1. The summed E-state index contributed by atoms with van der Waals surface area (Å²) < 4.78 is 42.8. The quantitative estimate of drug-likeness (QED) is 0.193. The summed E-state index contributed by atoms with van der Waals surface area (Å²) in [5.74, 6) is -0.873. The minimum absolute atomic E-state index is 0.402. The Hall–Kier alpha value is -5.56. The van der Waals surface area contributed by atoms with Crippen LogP contribution in [0.1, 0.15) is 28.2 Å². The van der Waals surface area contributed by atoms with Crippen molar-refractivity contribution in [2.45, 2.75) is 12.3 Å². The molecule has 2 atom stereocenters. The number of hydrogen-bond acceptors (Lipinski definition) is 6. The molecule has 46 heavy (non-hydrogen) atoms. The number of methoxy groups -OCH3 is 1. The van der Waals surface area contributed by atoms with Gasteiger partial charge in [0.05, 0.1) is 36.5 Å². The number of halogens is 3. The number of hydrogen-bond donors (Lipinski definition) is 2. The highest BCUT2D eigenvalue weighted by Gasteiger charge is 2.31. The van der Waals surface area contributed by atoms with Crippen molar-refractivity contribution in [3.63, 3.8) is 0 Å². The molecular formula is C33H23BrF2N6O4. The van der Waals surface area contributed by atoms with Crippen LogP contribution in [-0.4, -0.2) is 43.2 Å². The van der Waals surface area contributed by atoms with Gasteiger partial charge in [-0.1, -0.05) is 42.5 Å². The first-order valence-corrected chi connectivity index (χ1v) is 14.8. The molecule has 0 fully saturated rings. The molecule has 0 spiro atoms. The standard InChI is InChI=1S/C33H23BrF2N6O4/c1-45-33(44)40-28(18-6-3-2-4-7-18)31(43)41-13-5-8-25(41)29-37-16-24(39-29)19-9-11-21-26(15-19)46-32(42-27(34)17-38-30(21)42)20-10-12-22(35)23(36)14-20/h2-17,28,32H,1H3,(H,37,39)(H,40,44)/t28-,32-/m0/s1. The van der Waals surface area contributed by atoms with E-state index in [1.807, 2.05) is 24.3 Å². The molecule has 1 amide bonds. The number of benzene rings is 3. The molecular weight excluding hydrogens is 662 g/mol. The van der Waals surface area contributed by atoms with E-state index in [-0.39, 0.29) is 0 Å². The van der Waals surface area contributed by atoms with Gasteiger partial charge in [-0.25, -0.2) is 23.5 Å². The number of imidazole rings is 2. The molecule has 2 N–H and O–H groups in total. The second kappa shape index (κ2) is 11.7. The molecule has 0 radical (unpaired) electrons. The van der Waals surface area contributed by atoms with Gasteiger partial charge in [-0.2, -0.15) is 0 Å². The van der Waals surface area contributed by atoms with Crippen LogP contribution >= 0.6 is 15.9 Å². The number of alkyl carbamates (subject to hydrolysis) is 1. The molecule has 3 aromatic carbocycles. The number of fused-ring (bicyclic) bond motifs is 3. The van der Waals surface area contributed by atoms with Crippen molar-refractivity contribution in [2.75, 3.05) is 7.11 Å². The third kappa shape index (κ3) is 5.13. The third-order valence-electron chi connectivity index (χ3n) is 7.62. The summed E-state index contributed by atoms with van der Waals surface area (Å²) in [4.78, 5) is 38.2. The van der Waals surface area contributed by atoms with Crippen molar-refractivity contribution in [1.82, 2.24) is 29.4 Å². The molecule has 13 heteroatoms. The normalized spacial score (nSPS) is 14.1. The molecule has 0 aliphatic carbocycles. The van der Waals surface area contributed by atoms with Crippen LogP contribution in [0, 0.1) is 11.6 Å². The van der Waals surface area contributed by atoms with Crippen LogP contribution < -0.4 is 10.1 Å². The number of ether oxygens (including phenoxy) is 2. The van der Waals surface area contributed by atoms with Crippen molar-refractivity contribution in [3.8, 4) is 39.9 Å². The Kier molecular flexibility index (Phi) is 7.45. The summed E-state index contributed by atoms with van der Waals surface area (Å²) in [6, 6.07) is 20.5. The van der Waals surface area contributed by atoms with Crippen molar-refractivity contribution >= 4 is 27.9 Å². The van der Waals surface area contributed by atoms with E-state index in [0.717, 1.165) is 17.7 Å². The maximum atomic E-state index is 14.2. The average Bonchev–Trinajstić information content (AvgIpc) is 3.85. The number of carbonyl (C=O) groups is 2. The lowest BCUT2D eigenvalue weighted by Crippen LogP contribution is -2.36. The van der Waals surface area contributed by atoms with E-state index in [1.54, 1.807) is 59.6 Å². The van der Waals surface area contributed by atoms with Crippen molar-refractivity contribution in [3.05, 3.63) is 125 Å². The van der Waals surface area contributed by atoms with Gasteiger partial charge in [0.15, 0.2) is 17.5 Å². The van der Waals surface area contributed by atoms with E-state index < -0.39 is 35.9 Å². The Labute approximate surface area is 268 Å². The lowest BCUT2D eigenvalue weighted by atomic mass is 10.1. The van der Waals surface area contributed by atoms with Crippen molar-refractivity contribution in [2.24, 2.45) is 0 Å². The van der Waals surface area contributed by atoms with Crippen LogP contribution in [0.4, 0.5) is 13.6 Å². The SMILES string of the molecule is COC(=O)N[C@H](C(=O)n1cccc1-c1ncc(-c2ccc3c(c2)O[C@@H](c2ccc(F)c(F)c2)n2c(Br)cnc2-3)[nH]1)c1ccccc1. The largest absolute Gasteiger partial charge is 0.465 e. The number of nitrogens with zero attached hydrogens (tertiary/aromatic N) is 4. The second-order valence-corrected chi connectivity index (χ2v) is 11.2. The molecule has 0 saturated carbocycles. The summed E-state index contributed by atoms with van der Waals surface area (Å²) in [5, 5.41) is 2.61. The van der Waals surface area contributed by atoms with Crippen LogP contribution in [0.2, 0.25) is 0 Å². The van der Waals surface area contributed by atoms with Gasteiger partial charge < -0.3 is 19.8 Å². The van der Waals surface area contributed by atoms with E-state index in [1.165, 1.54) is 17.7 Å². The van der Waals surface area contributed by atoms with Crippen LogP contribution in [0.5, 0.6) is 5.75 Å². The van der Waals surface area contributed by atoms with Gasteiger partial charge in [0.2, 0.25) is 6.23 Å². The molecule has 0 saturated heterocycles. The molecule has 7 rings (SSSR count). The zero-order valence-corrected chi connectivity index (χ0v) is 25.5. The highest BCUT2D eigenvalue weighted by Crippen LogP contribution is 2.43. The summed E-state index contributed by atoms with van der Waals surface area (Å²) in [6.45, 7) is 0. The monoisotopic (exact) mass is 684 g/mol. The first-order valence-electron chi connectivity index (χ1n) is 14.0. The topological polar surface area (TPSA) is 116 Å². The minimum atomic E-state index is -1.01. The molecule has 3 aromatic heterocycles. The van der Waals surface area contributed by atoms with Gasteiger partial charge in [-0.3, -0.25) is 13.9 Å². The molecule has 1 aliphatic rings. The van der Waals surface area contributed by atoms with Gasteiger partial charge in [0, 0.05) is 17.3 Å². The van der Waals surface area contributed by atoms with E-state index in [9.17, 15) is 18.4 Å². The fourth-order valence-electron chi connectivity index (χ4n) is 5.40. The Bertz CT molecular complexity index is 2110. The van der Waals surface area contributed by atoms with Gasteiger partial charge in [-0.15, -0.1) is 0 Å². The summed E-state index contributed by atoms with van der Waals surface area (Å²) in [5.41, 5.74) is 3.52.